The molecule has 0 bridgehead atoms. The summed E-state index contributed by atoms with van der Waals surface area (Å²) in [6.45, 7) is 6.42. The third-order valence-electron chi connectivity index (χ3n) is 5.98. The first kappa shape index (κ1) is 19.1. The molecule has 0 atom stereocenters. The first-order valence-corrected chi connectivity index (χ1v) is 10.5. The maximum absolute atomic E-state index is 6.33. The molecule has 0 N–H and O–H groups in total. The molecule has 2 saturated heterocycles. The molecule has 4 heterocycles. The van der Waals surface area contributed by atoms with Gasteiger partial charge in [0.15, 0.2) is 0 Å². The average Bonchev–Trinajstić information content (AvgIpc) is 2.66. The fraction of sp³-hybridized carbons (Fsp3) is 0.524. The van der Waals surface area contributed by atoms with Crippen molar-refractivity contribution in [3.63, 3.8) is 0 Å². The number of aromatic nitrogens is 2. The zero-order chi connectivity index (χ0) is 18.7. The maximum Gasteiger partial charge on any atom is 0.0634 e. The quantitative estimate of drug-likeness (QED) is 0.741. The molecular formula is C21H26Cl2N4. The normalized spacial score (nSPS) is 20.8. The van der Waals surface area contributed by atoms with Crippen LogP contribution < -0.4 is 0 Å². The maximum atomic E-state index is 6.33. The Morgan fingerprint density at radius 3 is 1.74 bits per heavy atom. The third kappa shape index (κ3) is 4.62. The Balaban J connectivity index is 1.42. The van der Waals surface area contributed by atoms with Gasteiger partial charge in [0.1, 0.15) is 0 Å². The van der Waals surface area contributed by atoms with Gasteiger partial charge in [-0.1, -0.05) is 23.2 Å². The molecule has 4 nitrogen and oxygen atoms in total. The summed E-state index contributed by atoms with van der Waals surface area (Å²) in [5.74, 6) is 0. The zero-order valence-electron chi connectivity index (χ0n) is 15.6. The molecule has 2 aromatic heterocycles. The number of piperidine rings is 2. The van der Waals surface area contributed by atoms with E-state index in [1.54, 1.807) is 12.4 Å². The molecule has 0 amide bonds. The molecule has 0 saturated carbocycles. The zero-order valence-corrected chi connectivity index (χ0v) is 17.1. The van der Waals surface area contributed by atoms with Crippen LogP contribution in [0.15, 0.2) is 36.9 Å². The van der Waals surface area contributed by atoms with Crippen molar-refractivity contribution in [1.82, 2.24) is 19.8 Å². The van der Waals surface area contributed by atoms with E-state index in [-0.39, 0.29) is 0 Å². The standard InChI is InChI=1S/C21H26Cl2N4/c22-19-11-24-7-3-17(19)13-26-9-1-5-21(15-26)6-2-10-27(16-21)14-18-4-8-25-12-20(18)23/h3-4,7-8,11-12H,1-2,5-6,9-10,13-16H2. The molecule has 0 radical (unpaired) electrons. The molecule has 27 heavy (non-hydrogen) atoms. The lowest BCUT2D eigenvalue weighted by atomic mass is 9.73. The van der Waals surface area contributed by atoms with Crippen LogP contribution in [0.2, 0.25) is 10.0 Å². The van der Waals surface area contributed by atoms with Gasteiger partial charge >= 0.3 is 0 Å². The smallest absolute Gasteiger partial charge is 0.0634 e. The highest BCUT2D eigenvalue weighted by atomic mass is 35.5. The van der Waals surface area contributed by atoms with Crippen LogP contribution in [0.4, 0.5) is 0 Å². The minimum atomic E-state index is 0.384. The van der Waals surface area contributed by atoms with E-state index in [0.717, 1.165) is 49.3 Å². The molecule has 6 heteroatoms. The Morgan fingerprint density at radius 1 is 0.815 bits per heavy atom. The minimum Gasteiger partial charge on any atom is -0.298 e. The Morgan fingerprint density at radius 2 is 1.30 bits per heavy atom. The predicted molar refractivity (Wildman–Crippen MR) is 110 cm³/mol. The first-order chi connectivity index (χ1) is 13.1. The molecule has 2 aliphatic rings. The van der Waals surface area contributed by atoms with Gasteiger partial charge in [-0.05, 0) is 67.4 Å². The second kappa shape index (κ2) is 8.44. The van der Waals surface area contributed by atoms with Gasteiger partial charge in [0, 0.05) is 51.0 Å². The van der Waals surface area contributed by atoms with Crippen LogP contribution >= 0.6 is 23.2 Å². The monoisotopic (exact) mass is 404 g/mol. The van der Waals surface area contributed by atoms with Crippen molar-refractivity contribution in [3.05, 3.63) is 58.1 Å². The summed E-state index contributed by atoms with van der Waals surface area (Å²) in [7, 11) is 0. The molecular weight excluding hydrogens is 379 g/mol. The summed E-state index contributed by atoms with van der Waals surface area (Å²) in [6.07, 6.45) is 12.3. The van der Waals surface area contributed by atoms with Crippen LogP contribution in [-0.2, 0) is 13.1 Å². The molecule has 0 aliphatic carbocycles. The summed E-state index contributed by atoms with van der Waals surface area (Å²) in [6, 6.07) is 4.09. The van der Waals surface area contributed by atoms with Gasteiger partial charge in [0.2, 0.25) is 0 Å². The van der Waals surface area contributed by atoms with E-state index in [1.165, 1.54) is 36.8 Å². The fourth-order valence-electron chi connectivity index (χ4n) is 4.77. The van der Waals surface area contributed by atoms with Crippen LogP contribution in [0.1, 0.15) is 36.8 Å². The van der Waals surface area contributed by atoms with Crippen LogP contribution in [0.5, 0.6) is 0 Å². The lowest BCUT2D eigenvalue weighted by molar-refractivity contribution is 0.00776. The molecule has 1 spiro atoms. The highest BCUT2D eigenvalue weighted by molar-refractivity contribution is 6.31. The predicted octanol–water partition coefficient (Wildman–Crippen LogP) is 4.66. The van der Waals surface area contributed by atoms with E-state index in [0.29, 0.717) is 5.41 Å². The third-order valence-corrected chi connectivity index (χ3v) is 6.66. The topological polar surface area (TPSA) is 32.3 Å². The van der Waals surface area contributed by atoms with E-state index in [4.69, 9.17) is 23.2 Å². The van der Waals surface area contributed by atoms with Gasteiger partial charge in [0.25, 0.3) is 0 Å². The summed E-state index contributed by atoms with van der Waals surface area (Å²) in [5, 5.41) is 1.55. The van der Waals surface area contributed by atoms with Crippen molar-refractivity contribution in [2.75, 3.05) is 26.2 Å². The van der Waals surface area contributed by atoms with Crippen molar-refractivity contribution < 1.29 is 0 Å². The van der Waals surface area contributed by atoms with Crippen LogP contribution in [0, 0.1) is 5.41 Å². The second-order valence-corrected chi connectivity index (χ2v) is 8.88. The second-order valence-electron chi connectivity index (χ2n) is 8.06. The van der Waals surface area contributed by atoms with Crippen molar-refractivity contribution in [1.29, 1.82) is 0 Å². The van der Waals surface area contributed by atoms with Gasteiger partial charge in [0.05, 0.1) is 10.0 Å². The SMILES string of the molecule is Clc1cnccc1CN1CCCC2(CCCN(Cc3ccncc3Cl)C2)C1. The Bertz CT molecular complexity index is 717. The number of likely N-dealkylation sites (tertiary alicyclic amines) is 2. The van der Waals surface area contributed by atoms with Gasteiger partial charge in [-0.2, -0.15) is 0 Å². The average molecular weight is 405 g/mol. The van der Waals surface area contributed by atoms with Crippen LogP contribution in [-0.4, -0.2) is 45.9 Å². The van der Waals surface area contributed by atoms with Gasteiger partial charge in [-0.15, -0.1) is 0 Å². The fourth-order valence-corrected chi connectivity index (χ4v) is 5.13. The van der Waals surface area contributed by atoms with Gasteiger partial charge in [-0.3, -0.25) is 19.8 Å². The van der Waals surface area contributed by atoms with E-state index in [2.05, 4.69) is 19.8 Å². The minimum absolute atomic E-state index is 0.384. The number of rotatable bonds is 4. The Labute approximate surface area is 171 Å². The number of pyridine rings is 2. The van der Waals surface area contributed by atoms with Crippen molar-refractivity contribution in [2.45, 2.75) is 38.8 Å². The molecule has 2 aromatic rings. The number of halogens is 2. The molecule has 2 fully saturated rings. The van der Waals surface area contributed by atoms with E-state index >= 15 is 0 Å². The highest BCUT2D eigenvalue weighted by Gasteiger charge is 2.39. The van der Waals surface area contributed by atoms with E-state index in [9.17, 15) is 0 Å². The molecule has 2 aliphatic heterocycles. The van der Waals surface area contributed by atoms with Crippen molar-refractivity contribution in [2.24, 2.45) is 5.41 Å². The van der Waals surface area contributed by atoms with Gasteiger partial charge < -0.3 is 0 Å². The van der Waals surface area contributed by atoms with Crippen LogP contribution in [0.25, 0.3) is 0 Å². The first-order valence-electron chi connectivity index (χ1n) is 9.75. The van der Waals surface area contributed by atoms with E-state index < -0.39 is 0 Å². The molecule has 0 aromatic carbocycles. The van der Waals surface area contributed by atoms with Crippen molar-refractivity contribution >= 4 is 23.2 Å². The number of hydrogen-bond acceptors (Lipinski definition) is 4. The summed E-state index contributed by atoms with van der Waals surface area (Å²) in [4.78, 5) is 13.4. The van der Waals surface area contributed by atoms with Crippen molar-refractivity contribution in [3.8, 4) is 0 Å². The molecule has 0 unspecified atom stereocenters. The van der Waals surface area contributed by atoms with Crippen LogP contribution in [0.3, 0.4) is 0 Å². The summed E-state index contributed by atoms with van der Waals surface area (Å²) in [5.41, 5.74) is 2.75. The lowest BCUT2D eigenvalue weighted by Gasteiger charge is -2.48. The molecule has 144 valence electrons. The largest absolute Gasteiger partial charge is 0.298 e. The Hall–Kier alpha value is -1.20. The summed E-state index contributed by atoms with van der Waals surface area (Å²) >= 11 is 12.7. The molecule has 4 rings (SSSR count). The highest BCUT2D eigenvalue weighted by Crippen LogP contribution is 2.39. The van der Waals surface area contributed by atoms with Gasteiger partial charge in [-0.25, -0.2) is 0 Å². The van der Waals surface area contributed by atoms with E-state index in [1.807, 2.05) is 24.5 Å². The lowest BCUT2D eigenvalue weighted by Crippen LogP contribution is -2.51. The number of hydrogen-bond donors (Lipinski definition) is 0. The Kier molecular flexibility index (Phi) is 5.98. The number of nitrogens with zero attached hydrogens (tertiary/aromatic N) is 4. The summed E-state index contributed by atoms with van der Waals surface area (Å²) < 4.78 is 0.